The maximum atomic E-state index is 12.3. The molecule has 7 nitrogen and oxygen atoms in total. The van der Waals surface area contributed by atoms with Crippen molar-refractivity contribution in [3.05, 3.63) is 42.4 Å². The molecule has 0 spiro atoms. The number of aromatic nitrogens is 1. The molecule has 0 aliphatic heterocycles. The second-order valence-electron chi connectivity index (χ2n) is 6.22. The van der Waals surface area contributed by atoms with E-state index in [1.165, 1.54) is 6.26 Å². The van der Waals surface area contributed by atoms with Crippen molar-refractivity contribution in [2.75, 3.05) is 11.1 Å². The summed E-state index contributed by atoms with van der Waals surface area (Å²) in [6, 6.07) is 8.24. The van der Waals surface area contributed by atoms with Gasteiger partial charge in [-0.15, -0.1) is 11.3 Å². The number of carbonyl (C=O) groups is 1. The van der Waals surface area contributed by atoms with E-state index in [1.54, 1.807) is 30.3 Å². The smallest absolute Gasteiger partial charge is 0.319 e. The fraction of sp³-hybridized carbons (Fsp3) is 0.294. The van der Waals surface area contributed by atoms with Crippen molar-refractivity contribution in [2.24, 2.45) is 5.92 Å². The summed E-state index contributed by atoms with van der Waals surface area (Å²) >= 11 is 1.11. The van der Waals surface area contributed by atoms with E-state index in [-0.39, 0.29) is 28.6 Å². The van der Waals surface area contributed by atoms with Gasteiger partial charge >= 0.3 is 6.03 Å². The number of hydrogen-bond acceptors (Lipinski definition) is 6. The molecular formula is C17H19N3O4S2. The third kappa shape index (κ3) is 4.41. The van der Waals surface area contributed by atoms with Crippen LogP contribution in [0.2, 0.25) is 0 Å². The van der Waals surface area contributed by atoms with Gasteiger partial charge in [0.1, 0.15) is 5.76 Å². The number of sulfone groups is 1. The van der Waals surface area contributed by atoms with Gasteiger partial charge in [0.05, 0.1) is 28.8 Å². The zero-order valence-corrected chi connectivity index (χ0v) is 16.0. The van der Waals surface area contributed by atoms with Crippen LogP contribution in [0.5, 0.6) is 0 Å². The highest BCUT2D eigenvalue weighted by molar-refractivity contribution is 7.93. The maximum absolute atomic E-state index is 12.3. The molecule has 0 atom stereocenters. The van der Waals surface area contributed by atoms with E-state index in [4.69, 9.17) is 4.42 Å². The molecule has 2 amide bonds. The zero-order valence-electron chi connectivity index (χ0n) is 14.4. The van der Waals surface area contributed by atoms with Crippen molar-refractivity contribution >= 4 is 43.1 Å². The minimum Gasteiger partial charge on any atom is -0.467 e. The number of urea groups is 1. The third-order valence-corrected chi connectivity index (χ3v) is 7.00. The number of hydrogen-bond donors (Lipinski definition) is 2. The summed E-state index contributed by atoms with van der Waals surface area (Å²) in [6.45, 7) is 3.99. The van der Waals surface area contributed by atoms with Gasteiger partial charge in [-0.05, 0) is 36.2 Å². The predicted octanol–water partition coefficient (Wildman–Crippen LogP) is 3.64. The molecule has 3 aromatic rings. The first kappa shape index (κ1) is 18.4. The van der Waals surface area contributed by atoms with Gasteiger partial charge in [-0.1, -0.05) is 13.8 Å². The molecule has 26 heavy (non-hydrogen) atoms. The number of carbonyl (C=O) groups excluding carboxylic acids is 1. The lowest BCUT2D eigenvalue weighted by atomic mass is 10.3. The van der Waals surface area contributed by atoms with Crippen LogP contribution >= 0.6 is 11.3 Å². The molecular weight excluding hydrogens is 374 g/mol. The van der Waals surface area contributed by atoms with Crippen LogP contribution in [0.4, 0.5) is 10.5 Å². The summed E-state index contributed by atoms with van der Waals surface area (Å²) in [4.78, 5) is 16.2. The molecule has 2 N–H and O–H groups in total. The number of nitrogens with zero attached hydrogens (tertiary/aromatic N) is 1. The fourth-order valence-corrected chi connectivity index (χ4v) is 5.36. The van der Waals surface area contributed by atoms with Crippen LogP contribution in [0.15, 0.2) is 45.4 Å². The Kier molecular flexibility index (Phi) is 5.28. The molecule has 0 aliphatic rings. The first-order chi connectivity index (χ1) is 12.3. The number of nitrogens with one attached hydrogen (secondary N) is 2. The largest absolute Gasteiger partial charge is 0.467 e. The molecule has 0 saturated heterocycles. The monoisotopic (exact) mass is 393 g/mol. The third-order valence-electron chi connectivity index (χ3n) is 3.45. The molecule has 0 fully saturated rings. The van der Waals surface area contributed by atoms with E-state index in [1.807, 2.05) is 13.8 Å². The molecule has 1 aromatic carbocycles. The normalized spacial score (nSPS) is 11.8. The van der Waals surface area contributed by atoms with Crippen LogP contribution < -0.4 is 10.6 Å². The minimum absolute atomic E-state index is 0.0297. The number of thiazole rings is 1. The van der Waals surface area contributed by atoms with Crippen LogP contribution in [0.25, 0.3) is 10.2 Å². The Hall–Kier alpha value is -2.39. The number of amides is 2. The Morgan fingerprint density at radius 1 is 1.31 bits per heavy atom. The maximum Gasteiger partial charge on any atom is 0.319 e. The quantitative estimate of drug-likeness (QED) is 0.666. The average Bonchev–Trinajstić information content (AvgIpc) is 3.21. The Bertz CT molecular complexity index is 1010. The second-order valence-corrected chi connectivity index (χ2v) is 9.46. The van der Waals surface area contributed by atoms with Gasteiger partial charge in [0.2, 0.25) is 14.2 Å². The summed E-state index contributed by atoms with van der Waals surface area (Å²) in [6.07, 6.45) is 1.54. The summed E-state index contributed by atoms with van der Waals surface area (Å²) in [5.74, 6) is 0.743. The van der Waals surface area contributed by atoms with Gasteiger partial charge in [-0.25, -0.2) is 18.2 Å². The molecule has 0 aliphatic carbocycles. The average molecular weight is 393 g/mol. The van der Waals surface area contributed by atoms with Gasteiger partial charge in [0.25, 0.3) is 0 Å². The SMILES string of the molecule is CC(C)CS(=O)(=O)c1nc2ccc(NC(=O)NCc3ccco3)cc2s1. The lowest BCUT2D eigenvalue weighted by Gasteiger charge is -2.06. The first-order valence-corrected chi connectivity index (χ1v) is 10.5. The van der Waals surface area contributed by atoms with E-state index >= 15 is 0 Å². The topological polar surface area (TPSA) is 101 Å². The minimum atomic E-state index is -3.39. The number of anilines is 1. The number of benzene rings is 1. The zero-order chi connectivity index (χ0) is 18.7. The van der Waals surface area contributed by atoms with Crippen molar-refractivity contribution < 1.29 is 17.6 Å². The Balaban J connectivity index is 1.71. The highest BCUT2D eigenvalue weighted by atomic mass is 32.2. The first-order valence-electron chi connectivity index (χ1n) is 8.04. The molecule has 2 heterocycles. The van der Waals surface area contributed by atoms with E-state index in [2.05, 4.69) is 15.6 Å². The van der Waals surface area contributed by atoms with Gasteiger partial charge in [0.15, 0.2) is 0 Å². The van der Waals surface area contributed by atoms with Crippen molar-refractivity contribution in [3.63, 3.8) is 0 Å². The summed E-state index contributed by atoms with van der Waals surface area (Å²) in [5, 5.41) is 5.40. The fourth-order valence-electron chi connectivity index (χ4n) is 2.38. The second kappa shape index (κ2) is 7.46. The van der Waals surface area contributed by atoms with Gasteiger partial charge in [-0.2, -0.15) is 0 Å². The molecule has 9 heteroatoms. The van der Waals surface area contributed by atoms with Crippen LogP contribution in [0.3, 0.4) is 0 Å². The molecule has 0 radical (unpaired) electrons. The summed E-state index contributed by atoms with van der Waals surface area (Å²) in [7, 11) is -3.39. The standard InChI is InChI=1S/C17H19N3O4S2/c1-11(2)10-26(22,23)17-20-14-6-5-12(8-15(14)25-17)19-16(21)18-9-13-4-3-7-24-13/h3-8,11H,9-10H2,1-2H3,(H2,18,19,21). The molecule has 0 unspecified atom stereocenters. The molecule has 2 aromatic heterocycles. The summed E-state index contributed by atoms with van der Waals surface area (Å²) < 4.78 is 30.6. The highest BCUT2D eigenvalue weighted by Gasteiger charge is 2.21. The van der Waals surface area contributed by atoms with Crippen LogP contribution in [-0.2, 0) is 16.4 Å². The van der Waals surface area contributed by atoms with Crippen LogP contribution in [0, 0.1) is 5.92 Å². The van der Waals surface area contributed by atoms with Crippen molar-refractivity contribution in [3.8, 4) is 0 Å². The Labute approximate surface area is 155 Å². The van der Waals surface area contributed by atoms with Gasteiger partial charge in [0, 0.05) is 5.69 Å². The predicted molar refractivity (Wildman–Crippen MR) is 101 cm³/mol. The van der Waals surface area contributed by atoms with E-state index in [9.17, 15) is 13.2 Å². The number of furan rings is 1. The molecule has 0 bridgehead atoms. The molecule has 3 rings (SSSR count). The van der Waals surface area contributed by atoms with Crippen molar-refractivity contribution in [2.45, 2.75) is 24.7 Å². The van der Waals surface area contributed by atoms with Crippen LogP contribution in [-0.4, -0.2) is 25.2 Å². The number of fused-ring (bicyclic) bond motifs is 1. The Morgan fingerprint density at radius 2 is 2.12 bits per heavy atom. The van der Waals surface area contributed by atoms with Crippen molar-refractivity contribution in [1.29, 1.82) is 0 Å². The van der Waals surface area contributed by atoms with Crippen molar-refractivity contribution in [1.82, 2.24) is 10.3 Å². The van der Waals surface area contributed by atoms with Gasteiger partial charge < -0.3 is 15.1 Å². The van der Waals surface area contributed by atoms with E-state index < -0.39 is 9.84 Å². The van der Waals surface area contributed by atoms with E-state index in [0.717, 1.165) is 11.3 Å². The van der Waals surface area contributed by atoms with E-state index in [0.29, 0.717) is 21.7 Å². The van der Waals surface area contributed by atoms with Gasteiger partial charge in [-0.3, -0.25) is 0 Å². The summed E-state index contributed by atoms with van der Waals surface area (Å²) in [5.41, 5.74) is 1.16. The lowest BCUT2D eigenvalue weighted by molar-refractivity contribution is 0.251. The lowest BCUT2D eigenvalue weighted by Crippen LogP contribution is -2.27. The Morgan fingerprint density at radius 3 is 2.81 bits per heavy atom. The number of rotatable bonds is 6. The van der Waals surface area contributed by atoms with Crippen LogP contribution in [0.1, 0.15) is 19.6 Å². The highest BCUT2D eigenvalue weighted by Crippen LogP contribution is 2.29. The molecule has 138 valence electrons. The molecule has 0 saturated carbocycles.